The number of aliphatic hydroxyl groups is 1. The highest BCUT2D eigenvalue weighted by Crippen LogP contribution is 2.19. The Kier molecular flexibility index (Phi) is 7.07. The molecule has 0 radical (unpaired) electrons. The molecule has 0 unspecified atom stereocenters. The number of oxime groups is 1. The number of hydrogen-bond acceptors (Lipinski definition) is 4. The van der Waals surface area contributed by atoms with E-state index in [1.54, 1.807) is 12.1 Å². The molecule has 31 heavy (non-hydrogen) atoms. The van der Waals surface area contributed by atoms with E-state index in [4.69, 9.17) is 4.84 Å². The molecule has 0 amide bonds. The van der Waals surface area contributed by atoms with Gasteiger partial charge in [-0.3, -0.25) is 4.90 Å². The SMILES string of the molecule is O[C@@H](Cc1ccccc1)CN(Cc1ccc(F)cc1)C[C@H]1CC(c2ccccc2)=NO1. The van der Waals surface area contributed by atoms with Crippen LogP contribution in [0.1, 0.15) is 23.1 Å². The predicted octanol–water partition coefficient (Wildman–Crippen LogP) is 4.42. The van der Waals surface area contributed by atoms with Crippen LogP contribution in [0.5, 0.6) is 0 Å². The first-order chi connectivity index (χ1) is 15.2. The number of rotatable bonds is 9. The Morgan fingerprint density at radius 2 is 1.61 bits per heavy atom. The lowest BCUT2D eigenvalue weighted by molar-refractivity contribution is 0.0322. The molecule has 160 valence electrons. The molecule has 1 aliphatic rings. The van der Waals surface area contributed by atoms with Crippen LogP contribution >= 0.6 is 0 Å². The molecule has 0 bridgehead atoms. The van der Waals surface area contributed by atoms with Crippen molar-refractivity contribution in [3.8, 4) is 0 Å². The Balaban J connectivity index is 1.40. The summed E-state index contributed by atoms with van der Waals surface area (Å²) in [6.07, 6.45) is 0.704. The lowest BCUT2D eigenvalue weighted by Crippen LogP contribution is -2.38. The van der Waals surface area contributed by atoms with Crippen molar-refractivity contribution in [2.24, 2.45) is 5.16 Å². The molecule has 1 aliphatic heterocycles. The molecule has 0 saturated carbocycles. The van der Waals surface area contributed by atoms with Gasteiger partial charge in [0.2, 0.25) is 0 Å². The van der Waals surface area contributed by atoms with Crippen LogP contribution in [0.2, 0.25) is 0 Å². The molecule has 0 aliphatic carbocycles. The van der Waals surface area contributed by atoms with Crippen LogP contribution in [-0.4, -0.2) is 41.0 Å². The molecule has 0 aromatic heterocycles. The largest absolute Gasteiger partial charge is 0.391 e. The first-order valence-electron chi connectivity index (χ1n) is 10.6. The van der Waals surface area contributed by atoms with Crippen LogP contribution in [0.4, 0.5) is 4.39 Å². The van der Waals surface area contributed by atoms with Crippen molar-refractivity contribution in [2.45, 2.75) is 31.6 Å². The minimum atomic E-state index is -0.515. The summed E-state index contributed by atoms with van der Waals surface area (Å²) in [6, 6.07) is 26.5. The van der Waals surface area contributed by atoms with Gasteiger partial charge in [0.15, 0.2) is 0 Å². The third-order valence-corrected chi connectivity index (χ3v) is 5.40. The van der Waals surface area contributed by atoms with Gasteiger partial charge in [0.25, 0.3) is 0 Å². The molecule has 5 heteroatoms. The predicted molar refractivity (Wildman–Crippen MR) is 120 cm³/mol. The first kappa shape index (κ1) is 21.2. The molecular weight excluding hydrogens is 391 g/mol. The number of aliphatic hydroxyl groups excluding tert-OH is 1. The number of hydrogen-bond donors (Lipinski definition) is 1. The molecule has 0 fully saturated rings. The maximum absolute atomic E-state index is 13.3. The Labute approximate surface area is 182 Å². The molecule has 0 spiro atoms. The topological polar surface area (TPSA) is 45.1 Å². The molecule has 3 aromatic carbocycles. The molecule has 0 saturated heterocycles. The zero-order valence-electron chi connectivity index (χ0n) is 17.4. The van der Waals surface area contributed by atoms with Crippen LogP contribution in [0, 0.1) is 5.82 Å². The van der Waals surface area contributed by atoms with Gasteiger partial charge in [-0.05, 0) is 35.2 Å². The molecular formula is C26H27FN2O2. The molecule has 4 nitrogen and oxygen atoms in total. The zero-order chi connectivity index (χ0) is 21.5. The van der Waals surface area contributed by atoms with Crippen molar-refractivity contribution in [1.82, 2.24) is 4.90 Å². The van der Waals surface area contributed by atoms with Crippen LogP contribution in [-0.2, 0) is 17.8 Å². The second-order valence-electron chi connectivity index (χ2n) is 8.00. The van der Waals surface area contributed by atoms with E-state index in [-0.39, 0.29) is 11.9 Å². The minimum absolute atomic E-state index is 0.0837. The Morgan fingerprint density at radius 1 is 0.935 bits per heavy atom. The molecule has 1 heterocycles. The van der Waals surface area contributed by atoms with Crippen molar-refractivity contribution in [3.05, 3.63) is 107 Å². The van der Waals surface area contributed by atoms with Gasteiger partial charge in [0.1, 0.15) is 11.9 Å². The fourth-order valence-corrected chi connectivity index (χ4v) is 3.92. The van der Waals surface area contributed by atoms with Gasteiger partial charge in [0, 0.05) is 26.1 Å². The van der Waals surface area contributed by atoms with Gasteiger partial charge >= 0.3 is 0 Å². The summed E-state index contributed by atoms with van der Waals surface area (Å²) in [5.41, 5.74) is 4.11. The summed E-state index contributed by atoms with van der Waals surface area (Å²) in [5, 5.41) is 15.0. The van der Waals surface area contributed by atoms with Crippen molar-refractivity contribution in [3.63, 3.8) is 0 Å². The van der Waals surface area contributed by atoms with Gasteiger partial charge in [-0.15, -0.1) is 0 Å². The van der Waals surface area contributed by atoms with Gasteiger partial charge in [0.05, 0.1) is 11.8 Å². The van der Waals surface area contributed by atoms with Crippen LogP contribution in [0.3, 0.4) is 0 Å². The number of nitrogens with zero attached hydrogens (tertiary/aromatic N) is 2. The standard InChI is InChI=1S/C26H27FN2O2/c27-23-13-11-21(12-14-23)17-29(18-24(30)15-20-7-3-1-4-8-20)19-25-16-26(28-31-25)22-9-5-2-6-10-22/h1-14,24-25,30H,15-19H2/t24-,25+/m0/s1. The van der Waals surface area contributed by atoms with E-state index in [2.05, 4.69) is 10.1 Å². The fourth-order valence-electron chi connectivity index (χ4n) is 3.92. The van der Waals surface area contributed by atoms with E-state index in [9.17, 15) is 9.50 Å². The fraction of sp³-hybridized carbons (Fsp3) is 0.269. The molecule has 4 rings (SSSR count). The quantitative estimate of drug-likeness (QED) is 0.559. The smallest absolute Gasteiger partial charge is 0.145 e. The molecule has 3 aromatic rings. The summed E-state index contributed by atoms with van der Waals surface area (Å²) in [7, 11) is 0. The highest BCUT2D eigenvalue weighted by atomic mass is 19.1. The maximum atomic E-state index is 13.3. The Bertz CT molecular complexity index is 977. The maximum Gasteiger partial charge on any atom is 0.145 e. The van der Waals surface area contributed by atoms with Gasteiger partial charge < -0.3 is 9.94 Å². The Morgan fingerprint density at radius 3 is 2.32 bits per heavy atom. The third-order valence-electron chi connectivity index (χ3n) is 5.40. The van der Waals surface area contributed by atoms with Gasteiger partial charge in [-0.1, -0.05) is 78.0 Å². The van der Waals surface area contributed by atoms with Gasteiger partial charge in [-0.2, -0.15) is 0 Å². The number of benzene rings is 3. The molecule has 2 atom stereocenters. The summed E-state index contributed by atoms with van der Waals surface area (Å²) in [6.45, 7) is 1.72. The van der Waals surface area contributed by atoms with Crippen molar-refractivity contribution in [2.75, 3.05) is 13.1 Å². The van der Waals surface area contributed by atoms with E-state index in [1.165, 1.54) is 12.1 Å². The van der Waals surface area contributed by atoms with Crippen molar-refractivity contribution in [1.29, 1.82) is 0 Å². The van der Waals surface area contributed by atoms with Crippen LogP contribution in [0.25, 0.3) is 0 Å². The average Bonchev–Trinajstić information content (AvgIpc) is 3.25. The summed E-state index contributed by atoms with van der Waals surface area (Å²) >= 11 is 0. The average molecular weight is 419 g/mol. The highest BCUT2D eigenvalue weighted by molar-refractivity contribution is 6.01. The van der Waals surface area contributed by atoms with E-state index in [0.29, 0.717) is 26.1 Å². The lowest BCUT2D eigenvalue weighted by Gasteiger charge is -2.27. The normalized spacial score (nSPS) is 16.7. The van der Waals surface area contributed by atoms with E-state index in [0.717, 1.165) is 28.8 Å². The minimum Gasteiger partial charge on any atom is -0.391 e. The summed E-state index contributed by atoms with van der Waals surface area (Å²) in [4.78, 5) is 7.87. The van der Waals surface area contributed by atoms with Crippen molar-refractivity contribution >= 4 is 5.71 Å². The number of halogens is 1. The van der Waals surface area contributed by atoms with E-state index < -0.39 is 6.10 Å². The second-order valence-corrected chi connectivity index (χ2v) is 8.00. The van der Waals surface area contributed by atoms with Crippen LogP contribution < -0.4 is 0 Å². The Hall–Kier alpha value is -3.02. The second kappa shape index (κ2) is 10.3. The third kappa shape index (κ3) is 6.23. The lowest BCUT2D eigenvalue weighted by atomic mass is 10.0. The van der Waals surface area contributed by atoms with Crippen LogP contribution in [0.15, 0.2) is 90.1 Å². The van der Waals surface area contributed by atoms with E-state index in [1.807, 2.05) is 60.7 Å². The molecule has 1 N–H and O–H groups in total. The monoisotopic (exact) mass is 418 g/mol. The summed E-state index contributed by atoms with van der Waals surface area (Å²) in [5.74, 6) is -0.251. The van der Waals surface area contributed by atoms with E-state index >= 15 is 0 Å². The summed E-state index contributed by atoms with van der Waals surface area (Å²) < 4.78 is 13.3. The van der Waals surface area contributed by atoms with Crippen molar-refractivity contribution < 1.29 is 14.3 Å². The first-order valence-corrected chi connectivity index (χ1v) is 10.6. The zero-order valence-corrected chi connectivity index (χ0v) is 17.4. The highest BCUT2D eigenvalue weighted by Gasteiger charge is 2.25. The van der Waals surface area contributed by atoms with Gasteiger partial charge in [-0.25, -0.2) is 4.39 Å².